The lowest BCUT2D eigenvalue weighted by atomic mass is 9.89. The van der Waals surface area contributed by atoms with Gasteiger partial charge in [0.25, 0.3) is 10.1 Å². The molecule has 0 aromatic carbocycles. The third kappa shape index (κ3) is 2.08. The van der Waals surface area contributed by atoms with E-state index in [-0.39, 0.29) is 0 Å². The second-order valence-corrected chi connectivity index (χ2v) is 7.70. The fourth-order valence-corrected chi connectivity index (χ4v) is 4.15. The van der Waals surface area contributed by atoms with Gasteiger partial charge in [-0.1, -0.05) is 30.4 Å². The van der Waals surface area contributed by atoms with Crippen molar-refractivity contribution >= 4 is 15.8 Å². The Morgan fingerprint density at radius 1 is 1.32 bits per heavy atom. The molecule has 0 amide bonds. The van der Waals surface area contributed by atoms with E-state index in [1.54, 1.807) is 30.3 Å². The maximum atomic E-state index is 11.9. The van der Waals surface area contributed by atoms with Crippen molar-refractivity contribution in [3.8, 4) is 0 Å². The second-order valence-electron chi connectivity index (χ2n) is 6.07. The molecule has 0 aromatic rings. The standard InChI is InChI=1S/C15H19N3O3S/c1-11-12-5-6-13-14(2,17-18(3)16-13)8-4-9-15(11,10-7-12)22(19,20)21/h4-7,9-10,17H,8H2,1-3H3,(H,19,20,21)/b6-5-,9-4?. The number of hydrogen-bond donors (Lipinski definition) is 2. The van der Waals surface area contributed by atoms with Crippen LogP contribution in [0.1, 0.15) is 20.3 Å². The summed E-state index contributed by atoms with van der Waals surface area (Å²) in [5.41, 5.74) is 5.06. The first-order valence-corrected chi connectivity index (χ1v) is 8.46. The normalized spacial score (nSPS) is 35.6. The number of allylic oxidation sites excluding steroid dienone is 3. The van der Waals surface area contributed by atoms with E-state index >= 15 is 0 Å². The Morgan fingerprint density at radius 3 is 2.73 bits per heavy atom. The van der Waals surface area contributed by atoms with Crippen molar-refractivity contribution in [3.05, 3.63) is 47.6 Å². The lowest BCUT2D eigenvalue weighted by Crippen LogP contribution is -2.47. The smallest absolute Gasteiger partial charge is 0.281 e. The van der Waals surface area contributed by atoms with Crippen LogP contribution >= 0.6 is 0 Å². The molecule has 3 rings (SSSR count). The summed E-state index contributed by atoms with van der Waals surface area (Å²) in [6.45, 7) is 3.72. The summed E-state index contributed by atoms with van der Waals surface area (Å²) in [6.07, 6.45) is 10.9. The van der Waals surface area contributed by atoms with Crippen LogP contribution in [-0.4, -0.2) is 41.1 Å². The fraction of sp³-hybridized carbons (Fsp3) is 0.400. The molecule has 0 saturated heterocycles. The third-order valence-electron chi connectivity index (χ3n) is 4.50. The van der Waals surface area contributed by atoms with Crippen LogP contribution in [0.2, 0.25) is 0 Å². The number of fused-ring (bicyclic) bond motifs is 2. The van der Waals surface area contributed by atoms with Gasteiger partial charge in [-0.05, 0) is 37.5 Å². The Hall–Kier alpha value is -1.70. The van der Waals surface area contributed by atoms with Gasteiger partial charge in [-0.15, -0.1) is 0 Å². The molecule has 2 aliphatic carbocycles. The summed E-state index contributed by atoms with van der Waals surface area (Å²) in [7, 11) is -2.47. The monoisotopic (exact) mass is 321 g/mol. The number of nitrogens with one attached hydrogen (secondary N) is 1. The molecular weight excluding hydrogens is 302 g/mol. The van der Waals surface area contributed by atoms with Gasteiger partial charge in [0, 0.05) is 7.05 Å². The average Bonchev–Trinajstić information content (AvgIpc) is 2.85. The van der Waals surface area contributed by atoms with Crippen LogP contribution in [-0.2, 0) is 10.1 Å². The Morgan fingerprint density at radius 2 is 2.05 bits per heavy atom. The minimum atomic E-state index is -4.29. The molecule has 118 valence electrons. The lowest BCUT2D eigenvalue weighted by Gasteiger charge is -2.27. The van der Waals surface area contributed by atoms with Crippen molar-refractivity contribution < 1.29 is 13.0 Å². The first-order chi connectivity index (χ1) is 10.2. The van der Waals surface area contributed by atoms with Crippen LogP contribution in [0.25, 0.3) is 0 Å². The highest BCUT2D eigenvalue weighted by molar-refractivity contribution is 7.87. The number of hydrogen-bond acceptors (Lipinski definition) is 5. The third-order valence-corrected chi connectivity index (χ3v) is 5.93. The number of nitrogens with zero attached hydrogens (tertiary/aromatic N) is 2. The minimum absolute atomic E-state index is 0.409. The Bertz CT molecular complexity index is 776. The van der Waals surface area contributed by atoms with Gasteiger partial charge in [-0.3, -0.25) is 4.55 Å². The maximum Gasteiger partial charge on any atom is 0.281 e. The Kier molecular flexibility index (Phi) is 3.21. The van der Waals surface area contributed by atoms with Crippen molar-refractivity contribution in [2.24, 2.45) is 5.10 Å². The molecule has 0 fully saturated rings. The molecule has 2 N–H and O–H groups in total. The van der Waals surface area contributed by atoms with Crippen LogP contribution < -0.4 is 5.43 Å². The Labute approximate surface area is 130 Å². The molecule has 7 heteroatoms. The quantitative estimate of drug-likeness (QED) is 0.566. The maximum absolute atomic E-state index is 11.9. The number of hydrazine groups is 1. The van der Waals surface area contributed by atoms with E-state index in [4.69, 9.17) is 0 Å². The predicted molar refractivity (Wildman–Crippen MR) is 85.8 cm³/mol. The topological polar surface area (TPSA) is 82.0 Å². The molecule has 1 heterocycles. The van der Waals surface area contributed by atoms with Crippen molar-refractivity contribution in [1.82, 2.24) is 10.5 Å². The van der Waals surface area contributed by atoms with Crippen molar-refractivity contribution in [2.45, 2.75) is 30.6 Å². The van der Waals surface area contributed by atoms with E-state index in [1.165, 1.54) is 6.08 Å². The SMILES string of the molecule is CC1=C2C=CC1(S(=O)(=O)O)C=CCC1(C)NN(C)N=C1/C=C\2. The number of rotatable bonds is 1. The van der Waals surface area contributed by atoms with Crippen molar-refractivity contribution in [1.29, 1.82) is 0 Å². The molecule has 22 heavy (non-hydrogen) atoms. The van der Waals surface area contributed by atoms with Crippen molar-refractivity contribution in [2.75, 3.05) is 7.05 Å². The molecular formula is C15H19N3O3S. The van der Waals surface area contributed by atoms with Gasteiger partial charge in [-0.25, -0.2) is 10.5 Å². The highest BCUT2D eigenvalue weighted by Gasteiger charge is 2.44. The van der Waals surface area contributed by atoms with Crippen LogP contribution in [0.5, 0.6) is 0 Å². The lowest BCUT2D eigenvalue weighted by molar-refractivity contribution is 0.222. The van der Waals surface area contributed by atoms with Gasteiger partial charge >= 0.3 is 0 Å². The molecule has 2 atom stereocenters. The zero-order chi connectivity index (χ0) is 16.2. The van der Waals surface area contributed by atoms with Gasteiger partial charge in [0.05, 0.1) is 11.3 Å². The Balaban J connectivity index is 2.17. The summed E-state index contributed by atoms with van der Waals surface area (Å²) in [5.74, 6) is 0. The predicted octanol–water partition coefficient (Wildman–Crippen LogP) is 1.58. The van der Waals surface area contributed by atoms with Crippen molar-refractivity contribution in [3.63, 3.8) is 0 Å². The first-order valence-electron chi connectivity index (χ1n) is 7.02. The number of hydrazone groups is 1. The van der Waals surface area contributed by atoms with Gasteiger partial charge in [0.2, 0.25) is 0 Å². The zero-order valence-electron chi connectivity index (χ0n) is 12.7. The molecule has 0 aromatic heterocycles. The molecule has 0 saturated carbocycles. The van der Waals surface area contributed by atoms with Gasteiger partial charge in [-0.2, -0.15) is 13.5 Å². The summed E-state index contributed by atoms with van der Waals surface area (Å²) in [4.78, 5) is 0. The highest BCUT2D eigenvalue weighted by Crippen LogP contribution is 2.38. The summed E-state index contributed by atoms with van der Waals surface area (Å²) < 4.78 is 32.1. The van der Waals surface area contributed by atoms with Crippen LogP contribution in [0, 0.1) is 0 Å². The molecule has 0 radical (unpaired) electrons. The first kappa shape index (κ1) is 15.2. The zero-order valence-corrected chi connectivity index (χ0v) is 13.6. The van der Waals surface area contributed by atoms with Crippen LogP contribution in [0.4, 0.5) is 0 Å². The molecule has 6 nitrogen and oxygen atoms in total. The van der Waals surface area contributed by atoms with Crippen LogP contribution in [0.15, 0.2) is 52.7 Å². The average molecular weight is 321 g/mol. The van der Waals surface area contributed by atoms with E-state index in [2.05, 4.69) is 10.5 Å². The molecule has 3 aliphatic rings. The van der Waals surface area contributed by atoms with E-state index in [0.29, 0.717) is 12.0 Å². The highest BCUT2D eigenvalue weighted by atomic mass is 32.2. The van der Waals surface area contributed by atoms with Gasteiger partial charge < -0.3 is 0 Å². The summed E-state index contributed by atoms with van der Waals surface area (Å²) in [6, 6.07) is 0. The fourth-order valence-electron chi connectivity index (χ4n) is 3.13. The van der Waals surface area contributed by atoms with Gasteiger partial charge in [0.15, 0.2) is 4.75 Å². The molecule has 2 bridgehead atoms. The van der Waals surface area contributed by atoms with E-state index in [9.17, 15) is 13.0 Å². The molecule has 0 spiro atoms. The second kappa shape index (κ2) is 4.65. The van der Waals surface area contributed by atoms with E-state index < -0.39 is 20.4 Å². The van der Waals surface area contributed by atoms with Crippen LogP contribution in [0.3, 0.4) is 0 Å². The minimum Gasteiger partial charge on any atom is -0.284 e. The molecule has 2 unspecified atom stereocenters. The largest absolute Gasteiger partial charge is 0.284 e. The summed E-state index contributed by atoms with van der Waals surface area (Å²) >= 11 is 0. The van der Waals surface area contributed by atoms with E-state index in [0.717, 1.165) is 11.3 Å². The van der Waals surface area contributed by atoms with E-state index in [1.807, 2.05) is 26.1 Å². The van der Waals surface area contributed by atoms with Gasteiger partial charge in [0.1, 0.15) is 0 Å². The molecule has 1 aliphatic heterocycles. The summed E-state index contributed by atoms with van der Waals surface area (Å²) in [5, 5.41) is 6.09.